The molecule has 1 saturated carbocycles. The zero-order valence-electron chi connectivity index (χ0n) is 11.1. The minimum atomic E-state index is -0.133. The van der Waals surface area contributed by atoms with Gasteiger partial charge in [0.25, 0.3) is 0 Å². The van der Waals surface area contributed by atoms with E-state index in [4.69, 9.17) is 0 Å². The topological polar surface area (TPSA) is 15.3 Å². The summed E-state index contributed by atoms with van der Waals surface area (Å²) in [5, 5.41) is 3.40. The highest BCUT2D eigenvalue weighted by Gasteiger charge is 2.33. The third-order valence-corrected chi connectivity index (χ3v) is 4.35. The highest BCUT2D eigenvalue weighted by atomic mass is 35.5. The van der Waals surface area contributed by atoms with Gasteiger partial charge in [0.2, 0.25) is 0 Å². The largest absolute Gasteiger partial charge is 0.314 e. The first-order valence-corrected chi connectivity index (χ1v) is 7.05. The summed E-state index contributed by atoms with van der Waals surface area (Å²) in [4.78, 5) is 2.58. The van der Waals surface area contributed by atoms with Gasteiger partial charge in [0, 0.05) is 32.2 Å². The van der Waals surface area contributed by atoms with E-state index < -0.39 is 0 Å². The van der Waals surface area contributed by atoms with Crippen molar-refractivity contribution in [3.8, 4) is 0 Å². The Labute approximate surface area is 120 Å². The monoisotopic (exact) mass is 284 g/mol. The molecule has 0 bridgehead atoms. The molecular formula is C15H22ClFN2. The second kappa shape index (κ2) is 6.69. The van der Waals surface area contributed by atoms with Crippen LogP contribution < -0.4 is 5.32 Å². The van der Waals surface area contributed by atoms with Gasteiger partial charge in [0.15, 0.2) is 0 Å². The van der Waals surface area contributed by atoms with Crippen molar-refractivity contribution >= 4 is 12.4 Å². The molecule has 0 spiro atoms. The quantitative estimate of drug-likeness (QED) is 0.918. The zero-order chi connectivity index (χ0) is 12.4. The molecule has 1 aliphatic carbocycles. The summed E-state index contributed by atoms with van der Waals surface area (Å²) in [5.41, 5.74) is 1.29. The van der Waals surface area contributed by atoms with Crippen molar-refractivity contribution in [3.63, 3.8) is 0 Å². The van der Waals surface area contributed by atoms with Gasteiger partial charge < -0.3 is 5.32 Å². The maximum Gasteiger partial charge on any atom is 0.123 e. The molecule has 1 N–H and O–H groups in total. The Bertz CT molecular complexity index is 386. The predicted octanol–water partition coefficient (Wildman–Crippen LogP) is 2.99. The molecule has 19 heavy (non-hydrogen) atoms. The van der Waals surface area contributed by atoms with Crippen molar-refractivity contribution < 1.29 is 4.39 Å². The van der Waals surface area contributed by atoms with E-state index in [-0.39, 0.29) is 18.2 Å². The number of nitrogens with one attached hydrogen (secondary N) is 1. The summed E-state index contributed by atoms with van der Waals surface area (Å²) in [6.07, 6.45) is 4.01. The number of hydrogen-bond donors (Lipinski definition) is 1. The molecule has 1 aromatic rings. The van der Waals surface area contributed by atoms with E-state index in [0.29, 0.717) is 6.04 Å². The normalized spacial score (nSPS) is 22.4. The molecule has 1 saturated heterocycles. The fraction of sp³-hybridized carbons (Fsp3) is 0.600. The molecule has 4 heteroatoms. The van der Waals surface area contributed by atoms with E-state index in [1.54, 1.807) is 12.1 Å². The summed E-state index contributed by atoms with van der Waals surface area (Å²) < 4.78 is 13.1. The van der Waals surface area contributed by atoms with Crippen LogP contribution in [-0.4, -0.2) is 31.1 Å². The molecular weight excluding hydrogens is 263 g/mol. The maximum atomic E-state index is 13.1. The maximum absolute atomic E-state index is 13.1. The van der Waals surface area contributed by atoms with Gasteiger partial charge in [-0.15, -0.1) is 12.4 Å². The van der Waals surface area contributed by atoms with E-state index in [9.17, 15) is 4.39 Å². The summed E-state index contributed by atoms with van der Waals surface area (Å²) >= 11 is 0. The van der Waals surface area contributed by atoms with Crippen LogP contribution in [0.3, 0.4) is 0 Å². The van der Waals surface area contributed by atoms with Crippen LogP contribution in [-0.2, 0) is 0 Å². The van der Waals surface area contributed by atoms with E-state index in [2.05, 4.69) is 10.2 Å². The van der Waals surface area contributed by atoms with E-state index in [1.807, 2.05) is 12.1 Å². The molecule has 1 heterocycles. The third kappa shape index (κ3) is 3.28. The number of piperazine rings is 1. The molecule has 0 amide bonds. The van der Waals surface area contributed by atoms with Crippen molar-refractivity contribution in [2.24, 2.45) is 5.92 Å². The van der Waals surface area contributed by atoms with Crippen molar-refractivity contribution in [3.05, 3.63) is 35.6 Å². The average Bonchev–Trinajstić information content (AvgIpc) is 2.36. The second-order valence-electron chi connectivity index (χ2n) is 5.47. The Balaban J connectivity index is 0.00000133. The van der Waals surface area contributed by atoms with Crippen LogP contribution in [0.1, 0.15) is 30.9 Å². The Morgan fingerprint density at radius 3 is 2.26 bits per heavy atom. The first-order valence-electron chi connectivity index (χ1n) is 7.05. The molecule has 0 radical (unpaired) electrons. The number of benzene rings is 1. The van der Waals surface area contributed by atoms with Crippen LogP contribution in [0.5, 0.6) is 0 Å². The van der Waals surface area contributed by atoms with Crippen molar-refractivity contribution in [1.29, 1.82) is 0 Å². The molecule has 0 unspecified atom stereocenters. The fourth-order valence-electron chi connectivity index (χ4n) is 3.16. The second-order valence-corrected chi connectivity index (χ2v) is 5.47. The van der Waals surface area contributed by atoms with Gasteiger partial charge >= 0.3 is 0 Å². The van der Waals surface area contributed by atoms with Crippen molar-refractivity contribution in [2.75, 3.05) is 26.2 Å². The summed E-state index contributed by atoms with van der Waals surface area (Å²) in [7, 11) is 0. The van der Waals surface area contributed by atoms with E-state index in [0.717, 1.165) is 32.1 Å². The van der Waals surface area contributed by atoms with Gasteiger partial charge in [0.1, 0.15) is 5.82 Å². The highest BCUT2D eigenvalue weighted by molar-refractivity contribution is 5.85. The van der Waals surface area contributed by atoms with Crippen LogP contribution >= 0.6 is 12.4 Å². The molecule has 1 aliphatic heterocycles. The lowest BCUT2D eigenvalue weighted by Crippen LogP contribution is -2.47. The smallest absolute Gasteiger partial charge is 0.123 e. The summed E-state index contributed by atoms with van der Waals surface area (Å²) in [6.45, 7) is 4.37. The van der Waals surface area contributed by atoms with Crippen LogP contribution in [0.15, 0.2) is 24.3 Å². The van der Waals surface area contributed by atoms with Crippen LogP contribution in [0.25, 0.3) is 0 Å². The number of rotatable bonds is 3. The third-order valence-electron chi connectivity index (χ3n) is 4.35. The molecule has 106 valence electrons. The number of nitrogens with zero attached hydrogens (tertiary/aromatic N) is 1. The van der Waals surface area contributed by atoms with Crippen molar-refractivity contribution in [2.45, 2.75) is 25.3 Å². The average molecular weight is 285 g/mol. The summed E-state index contributed by atoms with van der Waals surface area (Å²) in [6, 6.07) is 7.65. The predicted molar refractivity (Wildman–Crippen MR) is 78.2 cm³/mol. The van der Waals surface area contributed by atoms with E-state index in [1.165, 1.54) is 24.8 Å². The Kier molecular flexibility index (Phi) is 5.20. The molecule has 3 rings (SSSR count). The molecule has 0 aromatic heterocycles. The lowest BCUT2D eigenvalue weighted by Gasteiger charge is -2.43. The van der Waals surface area contributed by atoms with Gasteiger partial charge in [-0.25, -0.2) is 4.39 Å². The van der Waals surface area contributed by atoms with Gasteiger partial charge in [-0.3, -0.25) is 4.90 Å². The van der Waals surface area contributed by atoms with Crippen molar-refractivity contribution in [1.82, 2.24) is 10.2 Å². The van der Waals surface area contributed by atoms with Crippen LogP contribution in [0, 0.1) is 11.7 Å². The lowest BCUT2D eigenvalue weighted by molar-refractivity contribution is 0.0837. The molecule has 2 aliphatic rings. The molecule has 1 aromatic carbocycles. The first kappa shape index (κ1) is 14.8. The Morgan fingerprint density at radius 1 is 1.11 bits per heavy atom. The lowest BCUT2D eigenvalue weighted by atomic mass is 9.76. The van der Waals surface area contributed by atoms with Gasteiger partial charge in [-0.05, 0) is 36.5 Å². The fourth-order valence-corrected chi connectivity index (χ4v) is 3.16. The molecule has 2 nitrogen and oxygen atoms in total. The number of hydrogen-bond acceptors (Lipinski definition) is 2. The Morgan fingerprint density at radius 2 is 1.74 bits per heavy atom. The SMILES string of the molecule is Cl.Fc1ccc([C@H](C2CCC2)N2CCNCC2)cc1. The minimum Gasteiger partial charge on any atom is -0.314 e. The summed E-state index contributed by atoms with van der Waals surface area (Å²) in [5.74, 6) is 0.639. The Hall–Kier alpha value is -0.640. The molecule has 1 atom stereocenters. The van der Waals surface area contributed by atoms with Gasteiger partial charge in [0.05, 0.1) is 0 Å². The standard InChI is InChI=1S/C15H21FN2.ClH/c16-14-6-4-13(5-7-14)15(12-2-1-3-12)18-10-8-17-9-11-18;/h4-7,12,15,17H,1-3,8-11H2;1H/t15-;/m0./s1. The van der Waals surface area contributed by atoms with Gasteiger partial charge in [-0.2, -0.15) is 0 Å². The zero-order valence-corrected chi connectivity index (χ0v) is 12.0. The number of halogens is 2. The minimum absolute atomic E-state index is 0. The first-order chi connectivity index (χ1) is 8.84. The van der Waals surface area contributed by atoms with Gasteiger partial charge in [-0.1, -0.05) is 18.6 Å². The van der Waals surface area contributed by atoms with Crippen LogP contribution in [0.4, 0.5) is 4.39 Å². The van der Waals surface area contributed by atoms with E-state index >= 15 is 0 Å². The molecule has 2 fully saturated rings. The highest BCUT2D eigenvalue weighted by Crippen LogP contribution is 2.41. The van der Waals surface area contributed by atoms with Crippen LogP contribution in [0.2, 0.25) is 0 Å².